The van der Waals surface area contributed by atoms with E-state index < -0.39 is 17.8 Å². The Morgan fingerprint density at radius 2 is 1.79 bits per heavy atom. The summed E-state index contributed by atoms with van der Waals surface area (Å²) in [6.07, 6.45) is -1.27. The fraction of sp³-hybridized carbons (Fsp3) is 0.833. The van der Waals surface area contributed by atoms with E-state index in [0.717, 1.165) is 0 Å². The van der Waals surface area contributed by atoms with Gasteiger partial charge in [0.05, 0.1) is 12.6 Å². The summed E-state index contributed by atoms with van der Waals surface area (Å²) in [5, 5.41) is 9.84. The number of carbonyl (C=O) groups excluding carboxylic acids is 2. The summed E-state index contributed by atoms with van der Waals surface area (Å²) < 4.78 is 5.25. The molecule has 1 fully saturated rings. The Morgan fingerprint density at radius 1 is 1.26 bits per heavy atom. The molecule has 1 N–H and O–H groups in total. The lowest BCUT2D eigenvalue weighted by atomic mass is 10.2. The van der Waals surface area contributed by atoms with Crippen molar-refractivity contribution in [1.29, 1.82) is 0 Å². The van der Waals surface area contributed by atoms with E-state index >= 15 is 0 Å². The lowest BCUT2D eigenvalue weighted by molar-refractivity contribution is -0.129. The average molecular weight is 293 g/mol. The van der Waals surface area contributed by atoms with Gasteiger partial charge in [-0.15, -0.1) is 11.6 Å². The van der Waals surface area contributed by atoms with E-state index in [-0.39, 0.29) is 24.9 Å². The van der Waals surface area contributed by atoms with Gasteiger partial charge in [0.2, 0.25) is 5.91 Å². The molecule has 1 unspecified atom stereocenters. The van der Waals surface area contributed by atoms with Gasteiger partial charge in [0.15, 0.2) is 0 Å². The van der Waals surface area contributed by atoms with E-state index in [1.54, 1.807) is 20.8 Å². The van der Waals surface area contributed by atoms with Crippen molar-refractivity contribution in [2.75, 3.05) is 32.1 Å². The summed E-state index contributed by atoms with van der Waals surface area (Å²) in [7, 11) is 0. The van der Waals surface area contributed by atoms with Crippen molar-refractivity contribution in [3.05, 3.63) is 0 Å². The molecule has 7 heteroatoms. The average Bonchev–Trinajstić information content (AvgIpc) is 2.48. The molecule has 0 bridgehead atoms. The van der Waals surface area contributed by atoms with Crippen LogP contribution in [0.4, 0.5) is 4.79 Å². The van der Waals surface area contributed by atoms with Crippen LogP contribution in [0.3, 0.4) is 0 Å². The van der Waals surface area contributed by atoms with E-state index in [1.807, 2.05) is 0 Å². The summed E-state index contributed by atoms with van der Waals surface area (Å²) in [6, 6.07) is 0. The zero-order chi connectivity index (χ0) is 14.6. The van der Waals surface area contributed by atoms with Crippen LogP contribution in [0, 0.1) is 0 Å². The molecule has 110 valence electrons. The Kier molecular flexibility index (Phi) is 5.43. The van der Waals surface area contributed by atoms with Crippen molar-refractivity contribution < 1.29 is 19.4 Å². The largest absolute Gasteiger partial charge is 0.444 e. The molecule has 1 rings (SSSR count). The van der Waals surface area contributed by atoms with Crippen LogP contribution in [-0.2, 0) is 9.53 Å². The molecule has 19 heavy (non-hydrogen) atoms. The Balaban J connectivity index is 2.64. The normalized spacial score (nSPS) is 21.0. The number of hydrogen-bond donors (Lipinski definition) is 1. The first-order valence-electron chi connectivity index (χ1n) is 6.22. The summed E-state index contributed by atoms with van der Waals surface area (Å²) in [5.74, 6) is -0.370. The number of β-amino-alcohol motifs (C(OH)–C–C–N with tert-alkyl or cyclic N) is 1. The lowest BCUT2D eigenvalue weighted by Crippen LogP contribution is -2.41. The number of hydrogen-bond acceptors (Lipinski definition) is 4. The summed E-state index contributed by atoms with van der Waals surface area (Å²) in [5.41, 5.74) is -0.583. The fourth-order valence-electron chi connectivity index (χ4n) is 1.79. The smallest absolute Gasteiger partial charge is 0.410 e. The number of carbonyl (C=O) groups is 2. The van der Waals surface area contributed by atoms with Gasteiger partial charge in [-0.25, -0.2) is 4.79 Å². The number of aliphatic hydroxyl groups excluding tert-OH is 1. The molecular formula is C12H21ClN2O4. The number of ether oxygens (including phenoxy) is 1. The van der Waals surface area contributed by atoms with Gasteiger partial charge in [0, 0.05) is 19.6 Å². The van der Waals surface area contributed by atoms with E-state index in [9.17, 15) is 14.7 Å². The van der Waals surface area contributed by atoms with Gasteiger partial charge in [-0.05, 0) is 20.8 Å². The molecule has 1 atom stereocenters. The lowest BCUT2D eigenvalue weighted by Gasteiger charge is -2.26. The van der Waals surface area contributed by atoms with Crippen LogP contribution >= 0.6 is 11.6 Å². The van der Waals surface area contributed by atoms with E-state index in [0.29, 0.717) is 13.1 Å². The predicted octanol–water partition coefficient (Wildman–Crippen LogP) is 0.665. The summed E-state index contributed by atoms with van der Waals surface area (Å²) >= 11 is 5.49. The van der Waals surface area contributed by atoms with Gasteiger partial charge in [-0.2, -0.15) is 0 Å². The molecule has 1 aliphatic heterocycles. The first kappa shape index (κ1) is 16.0. The number of nitrogens with zero attached hydrogens (tertiary/aromatic N) is 2. The first-order valence-corrected chi connectivity index (χ1v) is 6.76. The van der Waals surface area contributed by atoms with E-state index in [1.165, 1.54) is 9.80 Å². The van der Waals surface area contributed by atoms with Gasteiger partial charge in [-0.1, -0.05) is 0 Å². The number of halogens is 1. The maximum Gasteiger partial charge on any atom is 0.410 e. The quantitative estimate of drug-likeness (QED) is 0.721. The van der Waals surface area contributed by atoms with Crippen LogP contribution in [0.15, 0.2) is 0 Å². The fourth-order valence-corrected chi connectivity index (χ4v) is 1.96. The van der Waals surface area contributed by atoms with Gasteiger partial charge >= 0.3 is 6.09 Å². The molecule has 6 nitrogen and oxygen atoms in total. The molecule has 0 saturated carbocycles. The third-order valence-electron chi connectivity index (χ3n) is 2.62. The van der Waals surface area contributed by atoms with Gasteiger partial charge in [0.25, 0.3) is 0 Å². The van der Waals surface area contributed by atoms with Crippen molar-refractivity contribution >= 4 is 23.6 Å². The van der Waals surface area contributed by atoms with Crippen LogP contribution in [0.1, 0.15) is 20.8 Å². The SMILES string of the molecule is CC(C)(C)OC(=O)N1CCN(C(=O)CCl)CC(O)C1. The minimum absolute atomic E-state index is 0.126. The topological polar surface area (TPSA) is 70.1 Å². The first-order chi connectivity index (χ1) is 8.73. The Hall–Kier alpha value is -1.01. The second-order valence-corrected chi connectivity index (χ2v) is 5.82. The number of amides is 2. The van der Waals surface area contributed by atoms with Crippen LogP contribution < -0.4 is 0 Å². The molecule has 1 heterocycles. The van der Waals surface area contributed by atoms with Crippen molar-refractivity contribution in [1.82, 2.24) is 9.80 Å². The second kappa shape index (κ2) is 6.43. The standard InChI is InChI=1S/C12H21ClN2O4/c1-12(2,3)19-11(18)15-5-4-14(10(17)6-13)7-9(16)8-15/h9,16H,4-8H2,1-3H3. The number of rotatable bonds is 1. The predicted molar refractivity (Wildman–Crippen MR) is 71.1 cm³/mol. The second-order valence-electron chi connectivity index (χ2n) is 5.55. The van der Waals surface area contributed by atoms with Gasteiger partial charge < -0.3 is 19.6 Å². The molecule has 0 aliphatic carbocycles. The van der Waals surface area contributed by atoms with Crippen LogP contribution in [-0.4, -0.2) is 70.7 Å². The molecule has 0 spiro atoms. The highest BCUT2D eigenvalue weighted by molar-refractivity contribution is 6.27. The summed E-state index contributed by atoms with van der Waals surface area (Å²) in [6.45, 7) is 6.36. The third kappa shape index (κ3) is 5.24. The molecular weight excluding hydrogens is 272 g/mol. The van der Waals surface area contributed by atoms with E-state index in [4.69, 9.17) is 16.3 Å². The summed E-state index contributed by atoms with van der Waals surface area (Å²) in [4.78, 5) is 26.3. The highest BCUT2D eigenvalue weighted by Gasteiger charge is 2.29. The van der Waals surface area contributed by atoms with Gasteiger partial charge in [0.1, 0.15) is 11.5 Å². The molecule has 0 aromatic carbocycles. The molecule has 1 saturated heterocycles. The van der Waals surface area contributed by atoms with E-state index in [2.05, 4.69) is 0 Å². The van der Waals surface area contributed by atoms with Crippen molar-refractivity contribution in [3.8, 4) is 0 Å². The maximum absolute atomic E-state index is 11.9. The third-order valence-corrected chi connectivity index (χ3v) is 2.85. The highest BCUT2D eigenvalue weighted by atomic mass is 35.5. The Labute approximate surface area is 118 Å². The van der Waals surface area contributed by atoms with Gasteiger partial charge in [-0.3, -0.25) is 4.79 Å². The van der Waals surface area contributed by atoms with Crippen molar-refractivity contribution in [3.63, 3.8) is 0 Å². The van der Waals surface area contributed by atoms with Crippen LogP contribution in [0.2, 0.25) is 0 Å². The molecule has 1 aliphatic rings. The molecule has 0 aromatic rings. The zero-order valence-corrected chi connectivity index (χ0v) is 12.3. The minimum atomic E-state index is -0.790. The highest BCUT2D eigenvalue weighted by Crippen LogP contribution is 2.12. The van der Waals surface area contributed by atoms with Crippen LogP contribution in [0.25, 0.3) is 0 Å². The maximum atomic E-state index is 11.9. The Morgan fingerprint density at radius 3 is 2.32 bits per heavy atom. The number of aliphatic hydroxyl groups is 1. The zero-order valence-electron chi connectivity index (χ0n) is 11.6. The van der Waals surface area contributed by atoms with Crippen LogP contribution in [0.5, 0.6) is 0 Å². The van der Waals surface area contributed by atoms with Crippen molar-refractivity contribution in [2.24, 2.45) is 0 Å². The molecule has 0 aromatic heterocycles. The molecule has 0 radical (unpaired) electrons. The number of alkyl halides is 1. The molecule has 2 amide bonds. The minimum Gasteiger partial charge on any atom is -0.444 e. The Bertz CT molecular complexity index is 343. The monoisotopic (exact) mass is 292 g/mol. The van der Waals surface area contributed by atoms with Crippen molar-refractivity contribution in [2.45, 2.75) is 32.5 Å².